The molecule has 0 saturated heterocycles. The van der Waals surface area contributed by atoms with Gasteiger partial charge in [-0.1, -0.05) is 0 Å². The molecule has 0 bridgehead atoms. The van der Waals surface area contributed by atoms with Crippen LogP contribution in [-0.4, -0.2) is 35.8 Å². The molecule has 2 aromatic carbocycles. The minimum atomic E-state index is -1.56. The summed E-state index contributed by atoms with van der Waals surface area (Å²) in [7, 11) is 1.53. The molecule has 3 aromatic rings. The number of rotatable bonds is 7. The second kappa shape index (κ2) is 10.1. The minimum absolute atomic E-state index is 0.00782. The number of hydrogen-bond donors (Lipinski definition) is 2. The summed E-state index contributed by atoms with van der Waals surface area (Å²) < 4.78 is 60.1. The first-order valence-electron chi connectivity index (χ1n) is 9.39. The molecule has 32 heavy (non-hydrogen) atoms. The Labute approximate surface area is 181 Å². The molecule has 2 amide bonds. The lowest BCUT2D eigenvalue weighted by atomic mass is 10.2. The highest BCUT2D eigenvalue weighted by molar-refractivity contribution is 6.06. The van der Waals surface area contributed by atoms with Crippen molar-refractivity contribution < 1.29 is 27.1 Å². The molecule has 0 radical (unpaired) electrons. The molecule has 2 N–H and O–H groups in total. The Morgan fingerprint density at radius 2 is 1.75 bits per heavy atom. The normalized spacial score (nSPS) is 11.7. The number of benzene rings is 2. The van der Waals surface area contributed by atoms with Gasteiger partial charge in [-0.15, -0.1) is 0 Å². The molecule has 168 valence electrons. The fourth-order valence-electron chi connectivity index (χ4n) is 2.80. The SMILES string of the molecule is COC[C@H](C)Nc1nccc(N(C(=O)Nc2c(F)ccc(F)c2F)c2ccc(F)cc2)n1. The summed E-state index contributed by atoms with van der Waals surface area (Å²) in [5.41, 5.74) is -0.834. The minimum Gasteiger partial charge on any atom is -0.383 e. The summed E-state index contributed by atoms with van der Waals surface area (Å²) >= 11 is 0. The van der Waals surface area contributed by atoms with Gasteiger partial charge in [0, 0.05) is 25.4 Å². The number of methoxy groups -OCH3 is 1. The Kier molecular flexibility index (Phi) is 7.21. The molecule has 0 aliphatic heterocycles. The van der Waals surface area contributed by atoms with Crippen molar-refractivity contribution in [1.29, 1.82) is 0 Å². The molecule has 3 rings (SSSR count). The van der Waals surface area contributed by atoms with E-state index >= 15 is 0 Å². The van der Waals surface area contributed by atoms with Gasteiger partial charge in [0.05, 0.1) is 12.3 Å². The summed E-state index contributed by atoms with van der Waals surface area (Å²) in [4.78, 5) is 22.3. The number of nitrogens with zero attached hydrogens (tertiary/aromatic N) is 3. The zero-order valence-corrected chi connectivity index (χ0v) is 17.1. The van der Waals surface area contributed by atoms with Gasteiger partial charge in [0.2, 0.25) is 5.95 Å². The summed E-state index contributed by atoms with van der Waals surface area (Å²) in [5, 5.41) is 4.99. The van der Waals surface area contributed by atoms with Crippen LogP contribution in [0.15, 0.2) is 48.7 Å². The summed E-state index contributed by atoms with van der Waals surface area (Å²) in [6.07, 6.45) is 1.36. The van der Waals surface area contributed by atoms with Crippen molar-refractivity contribution in [2.75, 3.05) is 29.3 Å². The molecule has 0 saturated carbocycles. The Morgan fingerprint density at radius 1 is 1.06 bits per heavy atom. The largest absolute Gasteiger partial charge is 0.383 e. The van der Waals surface area contributed by atoms with Crippen LogP contribution in [0.25, 0.3) is 0 Å². The van der Waals surface area contributed by atoms with Crippen molar-refractivity contribution in [2.45, 2.75) is 13.0 Å². The van der Waals surface area contributed by atoms with Crippen molar-refractivity contribution in [3.63, 3.8) is 0 Å². The van der Waals surface area contributed by atoms with E-state index in [0.29, 0.717) is 18.7 Å². The maximum absolute atomic E-state index is 14.1. The number of ether oxygens (including phenoxy) is 1. The predicted molar refractivity (Wildman–Crippen MR) is 111 cm³/mol. The Hall–Kier alpha value is -3.73. The zero-order valence-electron chi connectivity index (χ0n) is 17.1. The lowest BCUT2D eigenvalue weighted by Crippen LogP contribution is -2.32. The number of urea groups is 1. The average molecular weight is 449 g/mol. The fourth-order valence-corrected chi connectivity index (χ4v) is 2.80. The van der Waals surface area contributed by atoms with E-state index in [4.69, 9.17) is 4.74 Å². The molecule has 1 atom stereocenters. The van der Waals surface area contributed by atoms with E-state index < -0.39 is 35.0 Å². The molecule has 0 aliphatic rings. The highest BCUT2D eigenvalue weighted by atomic mass is 19.2. The van der Waals surface area contributed by atoms with Gasteiger partial charge in [0.15, 0.2) is 11.6 Å². The van der Waals surface area contributed by atoms with Crippen molar-refractivity contribution in [2.24, 2.45) is 0 Å². The second-order valence-corrected chi connectivity index (χ2v) is 6.70. The smallest absolute Gasteiger partial charge is 0.332 e. The molecule has 1 aromatic heterocycles. The molecular weight excluding hydrogens is 430 g/mol. The molecule has 0 spiro atoms. The summed E-state index contributed by atoms with van der Waals surface area (Å²) in [6.45, 7) is 2.17. The quantitative estimate of drug-likeness (QED) is 0.398. The van der Waals surface area contributed by atoms with Crippen molar-refractivity contribution in [3.8, 4) is 0 Å². The van der Waals surface area contributed by atoms with E-state index in [0.717, 1.165) is 17.0 Å². The number of carbonyl (C=O) groups is 1. The third-order valence-corrected chi connectivity index (χ3v) is 4.23. The summed E-state index contributed by atoms with van der Waals surface area (Å²) in [6, 6.07) is 6.16. The van der Waals surface area contributed by atoms with Crippen LogP contribution in [0.3, 0.4) is 0 Å². The van der Waals surface area contributed by atoms with Crippen LogP contribution in [0.5, 0.6) is 0 Å². The van der Waals surface area contributed by atoms with Gasteiger partial charge in [-0.25, -0.2) is 32.2 Å². The van der Waals surface area contributed by atoms with E-state index in [2.05, 4.69) is 15.3 Å². The van der Waals surface area contributed by atoms with Gasteiger partial charge >= 0.3 is 6.03 Å². The molecular formula is C21H19F4N5O2. The molecule has 7 nitrogen and oxygen atoms in total. The monoisotopic (exact) mass is 449 g/mol. The van der Waals surface area contributed by atoms with E-state index in [-0.39, 0.29) is 23.5 Å². The first-order valence-corrected chi connectivity index (χ1v) is 9.39. The molecule has 0 fully saturated rings. The number of amides is 2. The van der Waals surface area contributed by atoms with Crippen LogP contribution >= 0.6 is 0 Å². The van der Waals surface area contributed by atoms with Gasteiger partial charge in [-0.2, -0.15) is 4.98 Å². The van der Waals surface area contributed by atoms with E-state index in [1.807, 2.05) is 12.2 Å². The van der Waals surface area contributed by atoms with Crippen LogP contribution in [0.4, 0.5) is 45.5 Å². The number of carbonyl (C=O) groups excluding carboxylic acids is 1. The Bertz CT molecular complexity index is 1100. The van der Waals surface area contributed by atoms with Gasteiger partial charge in [0.1, 0.15) is 23.1 Å². The number of halogens is 4. The maximum Gasteiger partial charge on any atom is 0.332 e. The first-order chi connectivity index (χ1) is 15.3. The lowest BCUT2D eigenvalue weighted by molar-refractivity contribution is 0.190. The summed E-state index contributed by atoms with van der Waals surface area (Å²) in [5.74, 6) is -4.47. The van der Waals surface area contributed by atoms with Crippen LogP contribution in [0.2, 0.25) is 0 Å². The van der Waals surface area contributed by atoms with Crippen LogP contribution in [-0.2, 0) is 4.74 Å². The number of nitrogens with one attached hydrogen (secondary N) is 2. The number of anilines is 4. The van der Waals surface area contributed by atoms with Crippen LogP contribution in [0, 0.1) is 23.3 Å². The highest BCUT2D eigenvalue weighted by Gasteiger charge is 2.24. The lowest BCUT2D eigenvalue weighted by Gasteiger charge is -2.23. The molecule has 0 aliphatic carbocycles. The average Bonchev–Trinajstić information content (AvgIpc) is 2.76. The topological polar surface area (TPSA) is 79.4 Å². The van der Waals surface area contributed by atoms with Crippen molar-refractivity contribution in [3.05, 3.63) is 71.9 Å². The van der Waals surface area contributed by atoms with Crippen molar-refractivity contribution in [1.82, 2.24) is 9.97 Å². The standard InChI is InChI=1S/C21H19F4N5O2/c1-12(11-32-2)27-20-26-10-9-17(28-20)30(14-5-3-13(22)4-6-14)21(31)29-19-16(24)8-7-15(23)18(19)25/h3-10,12H,11H2,1-2H3,(H,29,31)(H,26,27,28)/t12-/m0/s1. The third kappa shape index (κ3) is 5.30. The fraction of sp³-hybridized carbons (Fsp3) is 0.190. The van der Waals surface area contributed by atoms with E-state index in [9.17, 15) is 22.4 Å². The number of hydrogen-bond acceptors (Lipinski definition) is 5. The molecule has 11 heteroatoms. The predicted octanol–water partition coefficient (Wildman–Crippen LogP) is 4.85. The Balaban J connectivity index is 1.99. The first kappa shape index (κ1) is 22.9. The van der Waals surface area contributed by atoms with Crippen LogP contribution < -0.4 is 15.5 Å². The van der Waals surface area contributed by atoms with Gasteiger partial charge in [0.25, 0.3) is 0 Å². The third-order valence-electron chi connectivity index (χ3n) is 4.23. The number of aromatic nitrogens is 2. The highest BCUT2D eigenvalue weighted by Crippen LogP contribution is 2.28. The zero-order chi connectivity index (χ0) is 23.3. The van der Waals surface area contributed by atoms with Gasteiger partial charge in [-0.3, -0.25) is 0 Å². The second-order valence-electron chi connectivity index (χ2n) is 6.70. The van der Waals surface area contributed by atoms with Crippen LogP contribution in [0.1, 0.15) is 6.92 Å². The van der Waals surface area contributed by atoms with Gasteiger partial charge < -0.3 is 15.4 Å². The molecule has 1 heterocycles. The van der Waals surface area contributed by atoms with Gasteiger partial charge in [-0.05, 0) is 43.3 Å². The van der Waals surface area contributed by atoms with E-state index in [1.165, 1.54) is 31.5 Å². The van der Waals surface area contributed by atoms with Crippen molar-refractivity contribution >= 4 is 29.2 Å². The Morgan fingerprint density at radius 3 is 2.44 bits per heavy atom. The molecule has 0 unspecified atom stereocenters. The maximum atomic E-state index is 14.1. The van der Waals surface area contributed by atoms with E-state index in [1.54, 1.807) is 0 Å².